The first-order chi connectivity index (χ1) is 7.47. The van der Waals surface area contributed by atoms with Crippen LogP contribution in [-0.2, 0) is 9.53 Å². The lowest BCUT2D eigenvalue weighted by Gasteiger charge is -2.09. The molecular weight excluding hydrogens is 245 g/mol. The van der Waals surface area contributed by atoms with Crippen molar-refractivity contribution in [3.8, 4) is 0 Å². The summed E-state index contributed by atoms with van der Waals surface area (Å²) in [6.45, 7) is 1.65. The van der Waals surface area contributed by atoms with Crippen molar-refractivity contribution in [2.45, 2.75) is 12.3 Å². The predicted molar refractivity (Wildman–Crippen MR) is 51.5 cm³/mol. The standard InChI is InChI=1S/C10H8ClF3O2/c1-2-16-10(15)8(11)5-3-6(12)9(14)7(13)4-5/h3-4,8H,2H2,1H3. The molecule has 0 aliphatic rings. The van der Waals surface area contributed by atoms with Crippen LogP contribution in [0.5, 0.6) is 0 Å². The molecule has 0 aromatic heterocycles. The van der Waals surface area contributed by atoms with Crippen LogP contribution in [0.1, 0.15) is 17.9 Å². The number of carbonyl (C=O) groups excluding carboxylic acids is 1. The first-order valence-corrected chi connectivity index (χ1v) is 4.86. The van der Waals surface area contributed by atoms with E-state index in [1.807, 2.05) is 0 Å². The summed E-state index contributed by atoms with van der Waals surface area (Å²) in [5, 5.41) is -1.36. The van der Waals surface area contributed by atoms with E-state index in [0.29, 0.717) is 12.1 Å². The van der Waals surface area contributed by atoms with Crippen molar-refractivity contribution in [3.05, 3.63) is 35.1 Å². The van der Waals surface area contributed by atoms with Crippen LogP contribution in [-0.4, -0.2) is 12.6 Å². The summed E-state index contributed by atoms with van der Waals surface area (Å²) in [6, 6.07) is 1.32. The third-order valence-electron chi connectivity index (χ3n) is 1.79. The molecule has 0 bridgehead atoms. The highest BCUT2D eigenvalue weighted by Crippen LogP contribution is 2.25. The van der Waals surface area contributed by atoms with Gasteiger partial charge in [-0.3, -0.25) is 4.79 Å². The lowest BCUT2D eigenvalue weighted by atomic mass is 10.1. The Morgan fingerprint density at radius 3 is 2.31 bits per heavy atom. The fourth-order valence-electron chi connectivity index (χ4n) is 1.07. The molecule has 6 heteroatoms. The Balaban J connectivity index is 3.01. The highest BCUT2D eigenvalue weighted by molar-refractivity contribution is 6.29. The van der Waals surface area contributed by atoms with Crippen LogP contribution in [0.25, 0.3) is 0 Å². The second-order valence-corrected chi connectivity index (χ2v) is 3.35. The molecule has 0 spiro atoms. The summed E-state index contributed by atoms with van der Waals surface area (Å²) in [4.78, 5) is 11.2. The van der Waals surface area contributed by atoms with Crippen molar-refractivity contribution < 1.29 is 22.7 Å². The van der Waals surface area contributed by atoms with Gasteiger partial charge in [-0.1, -0.05) is 0 Å². The van der Waals surface area contributed by atoms with Crippen molar-refractivity contribution in [2.24, 2.45) is 0 Å². The van der Waals surface area contributed by atoms with E-state index in [2.05, 4.69) is 4.74 Å². The van der Waals surface area contributed by atoms with Crippen LogP contribution < -0.4 is 0 Å². The molecule has 1 aromatic carbocycles. The topological polar surface area (TPSA) is 26.3 Å². The maximum absolute atomic E-state index is 12.8. The van der Waals surface area contributed by atoms with E-state index in [-0.39, 0.29) is 12.2 Å². The van der Waals surface area contributed by atoms with Gasteiger partial charge in [-0.25, -0.2) is 13.2 Å². The molecule has 0 aliphatic carbocycles. The quantitative estimate of drug-likeness (QED) is 0.470. The lowest BCUT2D eigenvalue weighted by Crippen LogP contribution is -2.12. The Labute approximate surface area is 95.0 Å². The Bertz CT molecular complexity index is 386. The van der Waals surface area contributed by atoms with Crippen LogP contribution in [0.4, 0.5) is 13.2 Å². The third kappa shape index (κ3) is 2.66. The number of carbonyl (C=O) groups is 1. The molecule has 0 fully saturated rings. The fraction of sp³-hybridized carbons (Fsp3) is 0.300. The van der Waals surface area contributed by atoms with E-state index in [4.69, 9.17) is 11.6 Å². The molecule has 0 aliphatic heterocycles. The van der Waals surface area contributed by atoms with E-state index in [0.717, 1.165) is 0 Å². The second kappa shape index (κ2) is 5.21. The number of hydrogen-bond acceptors (Lipinski definition) is 2. The van der Waals surface area contributed by atoms with Crippen LogP contribution in [0.3, 0.4) is 0 Å². The van der Waals surface area contributed by atoms with Gasteiger partial charge in [0, 0.05) is 0 Å². The molecule has 0 radical (unpaired) electrons. The fourth-order valence-corrected chi connectivity index (χ4v) is 1.26. The molecule has 1 atom stereocenters. The first kappa shape index (κ1) is 12.8. The summed E-state index contributed by atoms with van der Waals surface area (Å²) in [7, 11) is 0. The van der Waals surface area contributed by atoms with Crippen molar-refractivity contribution in [1.29, 1.82) is 0 Å². The zero-order valence-electron chi connectivity index (χ0n) is 8.27. The molecule has 1 rings (SSSR count). The van der Waals surface area contributed by atoms with Crippen LogP contribution in [0.15, 0.2) is 12.1 Å². The highest BCUT2D eigenvalue weighted by Gasteiger charge is 2.22. The summed E-state index contributed by atoms with van der Waals surface area (Å²) in [6.07, 6.45) is 0. The molecule has 0 heterocycles. The van der Waals surface area contributed by atoms with E-state index in [9.17, 15) is 18.0 Å². The monoisotopic (exact) mass is 252 g/mol. The molecule has 1 unspecified atom stereocenters. The maximum Gasteiger partial charge on any atom is 0.328 e. The predicted octanol–water partition coefficient (Wildman–Crippen LogP) is 2.95. The number of halogens is 4. The Hall–Kier alpha value is -1.23. The smallest absolute Gasteiger partial charge is 0.328 e. The first-order valence-electron chi connectivity index (χ1n) is 4.42. The van der Waals surface area contributed by atoms with Gasteiger partial charge in [-0.05, 0) is 24.6 Å². The van der Waals surface area contributed by atoms with Gasteiger partial charge in [0.1, 0.15) is 0 Å². The molecule has 2 nitrogen and oxygen atoms in total. The normalized spacial score (nSPS) is 12.3. The van der Waals surface area contributed by atoms with Gasteiger partial charge >= 0.3 is 5.97 Å². The van der Waals surface area contributed by atoms with Crippen molar-refractivity contribution in [2.75, 3.05) is 6.61 Å². The van der Waals surface area contributed by atoms with Gasteiger partial charge in [-0.2, -0.15) is 0 Å². The minimum absolute atomic E-state index is 0.0915. The van der Waals surface area contributed by atoms with Crippen molar-refractivity contribution >= 4 is 17.6 Å². The van der Waals surface area contributed by atoms with Crippen LogP contribution in [0.2, 0.25) is 0 Å². The molecule has 0 N–H and O–H groups in total. The lowest BCUT2D eigenvalue weighted by molar-refractivity contribution is -0.142. The minimum Gasteiger partial charge on any atom is -0.465 e. The summed E-state index contributed by atoms with van der Waals surface area (Å²) in [5.74, 6) is -5.24. The van der Waals surface area contributed by atoms with Crippen molar-refractivity contribution in [3.63, 3.8) is 0 Å². The van der Waals surface area contributed by atoms with Gasteiger partial charge in [0.05, 0.1) is 6.61 Å². The Morgan fingerprint density at radius 1 is 1.38 bits per heavy atom. The van der Waals surface area contributed by atoms with Gasteiger partial charge in [-0.15, -0.1) is 11.6 Å². The molecule has 0 saturated carbocycles. The van der Waals surface area contributed by atoms with Crippen molar-refractivity contribution in [1.82, 2.24) is 0 Å². The van der Waals surface area contributed by atoms with Gasteiger partial charge in [0.15, 0.2) is 22.8 Å². The molecule has 1 aromatic rings. The Kier molecular flexibility index (Phi) is 4.18. The maximum atomic E-state index is 12.8. The SMILES string of the molecule is CCOC(=O)C(Cl)c1cc(F)c(F)c(F)c1. The second-order valence-electron chi connectivity index (χ2n) is 2.91. The molecule has 16 heavy (non-hydrogen) atoms. The molecular formula is C10H8ClF3O2. The number of benzene rings is 1. The molecule has 0 saturated heterocycles. The summed E-state index contributed by atoms with van der Waals surface area (Å²) in [5.41, 5.74) is -0.184. The van der Waals surface area contributed by atoms with E-state index < -0.39 is 28.8 Å². The highest BCUT2D eigenvalue weighted by atomic mass is 35.5. The van der Waals surface area contributed by atoms with E-state index in [1.54, 1.807) is 6.92 Å². The van der Waals surface area contributed by atoms with Gasteiger partial charge < -0.3 is 4.74 Å². The third-order valence-corrected chi connectivity index (χ3v) is 2.22. The van der Waals surface area contributed by atoms with Gasteiger partial charge in [0.25, 0.3) is 0 Å². The van der Waals surface area contributed by atoms with E-state index >= 15 is 0 Å². The minimum atomic E-state index is -1.60. The summed E-state index contributed by atoms with van der Waals surface area (Å²) >= 11 is 5.60. The van der Waals surface area contributed by atoms with E-state index in [1.165, 1.54) is 0 Å². The average Bonchev–Trinajstić information content (AvgIpc) is 2.24. The van der Waals surface area contributed by atoms with Crippen LogP contribution >= 0.6 is 11.6 Å². The Morgan fingerprint density at radius 2 is 1.88 bits per heavy atom. The van der Waals surface area contributed by atoms with Gasteiger partial charge in [0.2, 0.25) is 0 Å². The summed E-state index contributed by atoms with van der Waals surface area (Å²) < 4.78 is 42.8. The number of alkyl halides is 1. The number of esters is 1. The molecule has 88 valence electrons. The zero-order chi connectivity index (χ0) is 12.3. The molecule has 0 amide bonds. The zero-order valence-corrected chi connectivity index (χ0v) is 9.02. The number of ether oxygens (including phenoxy) is 1. The average molecular weight is 253 g/mol. The number of hydrogen-bond donors (Lipinski definition) is 0. The largest absolute Gasteiger partial charge is 0.465 e. The van der Waals surface area contributed by atoms with Crippen LogP contribution in [0, 0.1) is 17.5 Å². The number of rotatable bonds is 3.